The maximum Gasteiger partial charge on any atom is 0.202 e. The van der Waals surface area contributed by atoms with Gasteiger partial charge in [-0.25, -0.2) is 14.0 Å². The smallest absolute Gasteiger partial charge is 0.202 e. The summed E-state index contributed by atoms with van der Waals surface area (Å²) in [5, 5.41) is 19.3. The van der Waals surface area contributed by atoms with Crippen molar-refractivity contribution in [1.82, 2.24) is 15.8 Å². The Morgan fingerprint density at radius 3 is 2.59 bits per heavy atom. The first-order valence-corrected chi connectivity index (χ1v) is 9.14. The molecule has 1 aliphatic rings. The van der Waals surface area contributed by atoms with Gasteiger partial charge in [0, 0.05) is 16.8 Å². The van der Waals surface area contributed by atoms with Crippen LogP contribution in [0.1, 0.15) is 5.69 Å². The molecule has 0 saturated carbocycles. The molecule has 1 aromatic carbocycles. The summed E-state index contributed by atoms with van der Waals surface area (Å²) in [6.07, 6.45) is 0. The van der Waals surface area contributed by atoms with Gasteiger partial charge in [0.2, 0.25) is 5.82 Å². The second-order valence-corrected chi connectivity index (χ2v) is 8.49. The van der Waals surface area contributed by atoms with E-state index in [-0.39, 0.29) is 27.5 Å². The molecule has 0 spiro atoms. The van der Waals surface area contributed by atoms with Crippen molar-refractivity contribution in [3.63, 3.8) is 0 Å². The highest BCUT2D eigenvalue weighted by molar-refractivity contribution is 9.10. The van der Waals surface area contributed by atoms with Crippen LogP contribution in [0, 0.1) is 5.82 Å². The van der Waals surface area contributed by atoms with Gasteiger partial charge in [-0.15, -0.1) is 0 Å². The predicted molar refractivity (Wildman–Crippen MR) is 104 cm³/mol. The van der Waals surface area contributed by atoms with Gasteiger partial charge in [-0.2, -0.15) is 0 Å². The number of amidine groups is 1. The molecular formula is C12H7B4BrFN5O3S. The largest absolute Gasteiger partial charge is 0.363 e. The van der Waals surface area contributed by atoms with Crippen LogP contribution in [0.4, 0.5) is 15.9 Å². The molecule has 2 heterocycles. The molecule has 130 valence electrons. The maximum atomic E-state index is 13.3. The number of anilines is 1. The van der Waals surface area contributed by atoms with Crippen molar-refractivity contribution in [2.75, 3.05) is 5.32 Å². The second-order valence-electron chi connectivity index (χ2n) is 5.69. The van der Waals surface area contributed by atoms with E-state index in [9.17, 15) is 13.8 Å². The zero-order valence-corrected chi connectivity index (χ0v) is 15.8. The van der Waals surface area contributed by atoms with Crippen LogP contribution in [-0.2, 0) is 10.8 Å². The molecule has 8 radical (unpaired) electrons. The fourth-order valence-corrected chi connectivity index (χ4v) is 4.16. The summed E-state index contributed by atoms with van der Waals surface area (Å²) in [6.45, 7) is 0. The Kier molecular flexibility index (Phi) is 5.30. The van der Waals surface area contributed by atoms with Gasteiger partial charge in [-0.1, -0.05) is 0 Å². The van der Waals surface area contributed by atoms with E-state index >= 15 is 0 Å². The Morgan fingerprint density at radius 2 is 2.00 bits per heavy atom. The van der Waals surface area contributed by atoms with Crippen LogP contribution in [0.3, 0.4) is 0 Å². The molecule has 27 heavy (non-hydrogen) atoms. The van der Waals surface area contributed by atoms with Crippen LogP contribution >= 0.6 is 15.9 Å². The highest BCUT2D eigenvalue weighted by atomic mass is 79.9. The van der Waals surface area contributed by atoms with E-state index in [0.29, 0.717) is 0 Å². The first-order chi connectivity index (χ1) is 12.6. The number of hydrogen-bond donors (Lipinski definition) is 3. The molecular weight excluding hydrogens is 436 g/mol. The van der Waals surface area contributed by atoms with Gasteiger partial charge in [-0.3, -0.25) is 14.9 Å². The number of hydroxylamine groups is 1. The maximum absolute atomic E-state index is 13.3. The molecule has 0 amide bonds. The second kappa shape index (κ2) is 7.10. The van der Waals surface area contributed by atoms with Crippen molar-refractivity contribution >= 4 is 75.5 Å². The summed E-state index contributed by atoms with van der Waals surface area (Å²) < 4.78 is 26.6. The fourth-order valence-electron chi connectivity index (χ4n) is 2.43. The number of nitrogens with one attached hydrogen (secondary N) is 2. The zero-order valence-electron chi connectivity index (χ0n) is 13.4. The lowest BCUT2D eigenvalue weighted by atomic mass is 9.51. The number of rotatable bonds is 4. The minimum absolute atomic E-state index is 0.0706. The quantitative estimate of drug-likeness (QED) is 0.254. The van der Waals surface area contributed by atoms with Crippen molar-refractivity contribution in [2.45, 2.75) is 15.1 Å². The van der Waals surface area contributed by atoms with Crippen LogP contribution in [0.25, 0.3) is 0 Å². The standard InChI is InChI=1S/C12H7B4BrFN5O3S/c13-11(14)10(12(15,16)27(11)25)20-9-7(22-26-23-9)8(21-24)19-4-1-2-6(18)5(17)3-4/h1-3,10,24H,(H,19,21)(H,20,23). The average molecular weight is 443 g/mol. The Balaban J connectivity index is 1.92. The molecule has 1 saturated heterocycles. The minimum atomic E-state index is -1.93. The number of hydrogen-bond acceptors (Lipinski definition) is 7. The third kappa shape index (κ3) is 3.47. The molecule has 0 bridgehead atoms. The van der Waals surface area contributed by atoms with E-state index in [2.05, 4.69) is 41.2 Å². The minimum Gasteiger partial charge on any atom is -0.363 e. The molecule has 0 aliphatic carbocycles. The van der Waals surface area contributed by atoms with Crippen LogP contribution in [0.5, 0.6) is 0 Å². The number of halogens is 2. The van der Waals surface area contributed by atoms with E-state index in [1.165, 1.54) is 18.2 Å². The van der Waals surface area contributed by atoms with E-state index in [1.54, 1.807) is 0 Å². The Labute approximate surface area is 169 Å². The van der Waals surface area contributed by atoms with E-state index in [1.807, 2.05) is 5.48 Å². The highest BCUT2D eigenvalue weighted by Gasteiger charge is 2.58. The summed E-state index contributed by atoms with van der Waals surface area (Å²) in [5.74, 6) is -0.754. The van der Waals surface area contributed by atoms with Crippen LogP contribution in [0.2, 0.25) is 0 Å². The third-order valence-electron chi connectivity index (χ3n) is 3.79. The molecule has 15 heteroatoms. The summed E-state index contributed by atoms with van der Waals surface area (Å²) in [7, 11) is 21.1. The molecule has 1 fully saturated rings. The van der Waals surface area contributed by atoms with Crippen molar-refractivity contribution in [3.8, 4) is 0 Å². The SMILES string of the molecule is [B]C1([B])C(Nc2nonc2C(=Nc2ccc(F)c(Br)c2)NO)C([B])([B])S1=O. The van der Waals surface area contributed by atoms with Gasteiger partial charge in [0.15, 0.2) is 11.5 Å². The van der Waals surface area contributed by atoms with Gasteiger partial charge < -0.3 is 5.32 Å². The molecule has 3 rings (SSSR count). The Bertz CT molecular complexity index is 926. The monoisotopic (exact) mass is 443 g/mol. The molecule has 2 aromatic rings. The summed E-state index contributed by atoms with van der Waals surface area (Å²) in [6, 6.07) is 2.85. The van der Waals surface area contributed by atoms with E-state index < -0.39 is 31.8 Å². The molecule has 1 aliphatic heterocycles. The predicted octanol–water partition coefficient (Wildman–Crippen LogP) is -0.447. The Hall–Kier alpha value is -1.59. The zero-order chi connectivity index (χ0) is 20.0. The third-order valence-corrected chi connectivity index (χ3v) is 6.15. The van der Waals surface area contributed by atoms with Gasteiger partial charge in [0.1, 0.15) is 5.82 Å². The van der Waals surface area contributed by atoms with Gasteiger partial charge in [0.05, 0.1) is 41.5 Å². The first kappa shape index (κ1) is 20.2. The van der Waals surface area contributed by atoms with Crippen LogP contribution < -0.4 is 10.8 Å². The topological polar surface area (TPSA) is 113 Å². The summed E-state index contributed by atoms with van der Waals surface area (Å²) in [5.41, 5.74) is 2.03. The average Bonchev–Trinajstić information content (AvgIpc) is 3.08. The van der Waals surface area contributed by atoms with Crippen molar-refractivity contribution in [3.05, 3.63) is 34.2 Å². The van der Waals surface area contributed by atoms with Gasteiger partial charge in [-0.05, 0) is 53.5 Å². The lowest BCUT2D eigenvalue weighted by Crippen LogP contribution is -2.78. The van der Waals surface area contributed by atoms with Gasteiger partial charge in [0.25, 0.3) is 0 Å². The number of nitrogens with zero attached hydrogens (tertiary/aromatic N) is 3. The lowest BCUT2D eigenvalue weighted by molar-refractivity contribution is 0.234. The van der Waals surface area contributed by atoms with E-state index in [0.717, 1.165) is 0 Å². The molecule has 0 atom stereocenters. The lowest BCUT2D eigenvalue weighted by Gasteiger charge is -2.58. The normalized spacial score (nSPS) is 23.4. The molecule has 0 unspecified atom stereocenters. The molecule has 1 aromatic heterocycles. The molecule has 8 nitrogen and oxygen atoms in total. The van der Waals surface area contributed by atoms with E-state index in [4.69, 9.17) is 31.4 Å². The van der Waals surface area contributed by atoms with Crippen LogP contribution in [0.15, 0.2) is 32.3 Å². The summed E-state index contributed by atoms with van der Waals surface area (Å²) in [4.78, 5) is 4.09. The van der Waals surface area contributed by atoms with Crippen molar-refractivity contribution < 1.29 is 18.4 Å². The van der Waals surface area contributed by atoms with Crippen molar-refractivity contribution in [1.29, 1.82) is 0 Å². The number of benzene rings is 1. The highest BCUT2D eigenvalue weighted by Crippen LogP contribution is 2.39. The number of aromatic nitrogens is 2. The van der Waals surface area contributed by atoms with Crippen molar-refractivity contribution in [2.24, 2.45) is 4.99 Å². The molecule has 3 N–H and O–H groups in total. The first-order valence-electron chi connectivity index (χ1n) is 7.19. The number of aliphatic imine (C=N–C) groups is 1. The summed E-state index contributed by atoms with van der Waals surface area (Å²) >= 11 is 3.03. The Morgan fingerprint density at radius 1 is 1.33 bits per heavy atom. The fraction of sp³-hybridized carbons (Fsp3) is 0.250. The van der Waals surface area contributed by atoms with Gasteiger partial charge >= 0.3 is 0 Å². The van der Waals surface area contributed by atoms with Crippen LogP contribution in [-0.4, -0.2) is 72.1 Å².